The fourth-order valence-corrected chi connectivity index (χ4v) is 3.66. The number of amides is 1. The molecule has 1 atom stereocenters. The van der Waals surface area contributed by atoms with Crippen LogP contribution in [0.1, 0.15) is 24.0 Å². The first-order valence-electron chi connectivity index (χ1n) is 11.3. The number of carbonyl (C=O) groups is 2. The summed E-state index contributed by atoms with van der Waals surface area (Å²) < 4.78 is 80.6. The van der Waals surface area contributed by atoms with Crippen LogP contribution in [0.3, 0.4) is 0 Å². The summed E-state index contributed by atoms with van der Waals surface area (Å²) in [6.07, 6.45) is -4.81. The van der Waals surface area contributed by atoms with E-state index in [-0.39, 0.29) is 22.8 Å². The molecular weight excluding hydrogens is 538 g/mol. The molecule has 208 valence electrons. The summed E-state index contributed by atoms with van der Waals surface area (Å²) in [6.45, 7) is 2.20. The van der Waals surface area contributed by atoms with Gasteiger partial charge in [-0.25, -0.2) is 14.8 Å². The van der Waals surface area contributed by atoms with E-state index in [1.54, 1.807) is 10.9 Å². The van der Waals surface area contributed by atoms with E-state index in [1.807, 2.05) is 0 Å². The van der Waals surface area contributed by atoms with E-state index < -0.39 is 35.4 Å². The van der Waals surface area contributed by atoms with Crippen molar-refractivity contribution < 1.29 is 45.9 Å². The Hall–Kier alpha value is -4.21. The first-order valence-corrected chi connectivity index (χ1v) is 11.3. The Morgan fingerprint density at radius 2 is 1.87 bits per heavy atom. The molecule has 0 aliphatic heterocycles. The summed E-state index contributed by atoms with van der Waals surface area (Å²) in [7, 11) is 0. The third-order valence-electron chi connectivity index (χ3n) is 5.99. The van der Waals surface area contributed by atoms with Crippen LogP contribution >= 0.6 is 0 Å². The third kappa shape index (κ3) is 5.64. The van der Waals surface area contributed by atoms with Gasteiger partial charge in [-0.15, -0.1) is 0 Å². The fraction of sp³-hybridized carbons (Fsp3) is 0.348. The van der Waals surface area contributed by atoms with Crippen LogP contribution in [0.5, 0.6) is 0 Å². The zero-order valence-corrected chi connectivity index (χ0v) is 20.0. The smallest absolute Gasteiger partial charge is 0.382 e. The second-order valence-electron chi connectivity index (χ2n) is 8.94. The topological polar surface area (TPSA) is 145 Å². The minimum Gasteiger partial charge on any atom is -0.382 e. The van der Waals surface area contributed by atoms with Crippen molar-refractivity contribution in [1.82, 2.24) is 25.2 Å². The number of nitrogen functional groups attached to an aromatic ring is 1. The van der Waals surface area contributed by atoms with Crippen molar-refractivity contribution in [2.75, 3.05) is 5.73 Å². The van der Waals surface area contributed by atoms with Gasteiger partial charge in [-0.05, 0) is 37.3 Å². The van der Waals surface area contributed by atoms with Crippen molar-refractivity contribution in [2.24, 2.45) is 5.92 Å². The lowest BCUT2D eigenvalue weighted by atomic mass is 9.89. The summed E-state index contributed by atoms with van der Waals surface area (Å²) in [5.41, 5.74) is 2.24. The molecule has 0 saturated heterocycles. The Balaban J connectivity index is 1.70. The van der Waals surface area contributed by atoms with E-state index in [9.17, 15) is 41.0 Å². The van der Waals surface area contributed by atoms with Crippen molar-refractivity contribution in [3.05, 3.63) is 47.9 Å². The van der Waals surface area contributed by atoms with Gasteiger partial charge in [-0.2, -0.15) is 36.9 Å². The average molecular weight is 558 g/mol. The first kappa shape index (κ1) is 27.8. The highest BCUT2D eigenvalue weighted by Gasteiger charge is 2.61. The largest absolute Gasteiger partial charge is 0.493 e. The maximum atomic E-state index is 13.9. The molecule has 1 amide bonds. The number of nitrogens with two attached hydrogens (primary N) is 1. The quantitative estimate of drug-likeness (QED) is 0.309. The molecule has 39 heavy (non-hydrogen) atoms. The number of nitrogens with zero attached hydrogens (tertiary/aromatic N) is 4. The standard InChI is InChI=1S/C23H20F6N6O4/c1-11-2-5-14(21(38,23(27,28)29)19(36)34-39-20(37)22(24,25)26)6-15(11)16-8-31-18(30)17(33-16)13-7-32-35(10-13)9-12-3-4-12/h2,5-8,10,12,38H,3-4,9H2,1H3,(H2,30,31)(H,34,36). The second kappa shape index (κ2) is 9.83. The Labute approximate surface area is 215 Å². The molecule has 10 nitrogen and oxygen atoms in total. The molecule has 1 fully saturated rings. The minimum absolute atomic E-state index is 0.00520. The number of hydrogen-bond acceptors (Lipinski definition) is 8. The number of alkyl halides is 6. The number of hydrogen-bond donors (Lipinski definition) is 3. The molecule has 4 rings (SSSR count). The molecule has 0 radical (unpaired) electrons. The van der Waals surface area contributed by atoms with Gasteiger partial charge in [0.25, 0.3) is 11.5 Å². The fourth-order valence-electron chi connectivity index (χ4n) is 3.66. The highest BCUT2D eigenvalue weighted by molar-refractivity contribution is 5.88. The Morgan fingerprint density at radius 3 is 2.49 bits per heavy atom. The molecule has 2 aromatic heterocycles. The number of hydroxylamine groups is 1. The van der Waals surface area contributed by atoms with Gasteiger partial charge >= 0.3 is 18.3 Å². The molecule has 1 aromatic carbocycles. The van der Waals surface area contributed by atoms with Crippen LogP contribution in [-0.2, 0) is 26.6 Å². The van der Waals surface area contributed by atoms with Gasteiger partial charge in [0, 0.05) is 29.4 Å². The molecule has 1 saturated carbocycles. The highest BCUT2D eigenvalue weighted by atomic mass is 19.4. The van der Waals surface area contributed by atoms with Crippen LogP contribution < -0.4 is 11.2 Å². The number of anilines is 1. The molecule has 1 aliphatic rings. The van der Waals surface area contributed by atoms with Gasteiger partial charge in [-0.3, -0.25) is 9.48 Å². The first-order chi connectivity index (χ1) is 18.1. The normalized spacial score (nSPS) is 15.5. The molecule has 3 aromatic rings. The summed E-state index contributed by atoms with van der Waals surface area (Å²) >= 11 is 0. The lowest BCUT2D eigenvalue weighted by molar-refractivity contribution is -0.262. The van der Waals surface area contributed by atoms with Crippen LogP contribution in [0.15, 0.2) is 36.8 Å². The predicted molar refractivity (Wildman–Crippen MR) is 121 cm³/mol. The zero-order valence-electron chi connectivity index (χ0n) is 20.0. The third-order valence-corrected chi connectivity index (χ3v) is 5.99. The van der Waals surface area contributed by atoms with E-state index in [0.717, 1.165) is 42.7 Å². The van der Waals surface area contributed by atoms with E-state index in [4.69, 9.17) is 5.73 Å². The van der Waals surface area contributed by atoms with Crippen molar-refractivity contribution in [3.8, 4) is 22.5 Å². The van der Waals surface area contributed by atoms with Crippen molar-refractivity contribution in [3.63, 3.8) is 0 Å². The zero-order chi connectivity index (χ0) is 28.8. The van der Waals surface area contributed by atoms with Crippen molar-refractivity contribution in [1.29, 1.82) is 0 Å². The maximum Gasteiger partial charge on any atom is 0.493 e. The molecule has 0 bridgehead atoms. The minimum atomic E-state index is -5.75. The van der Waals surface area contributed by atoms with E-state index in [0.29, 0.717) is 23.6 Å². The van der Waals surface area contributed by atoms with E-state index in [2.05, 4.69) is 19.9 Å². The van der Waals surface area contributed by atoms with Gasteiger partial charge in [0.1, 0.15) is 11.5 Å². The number of rotatable bonds is 6. The predicted octanol–water partition coefficient (Wildman–Crippen LogP) is 3.19. The van der Waals surface area contributed by atoms with Gasteiger partial charge in [0.15, 0.2) is 0 Å². The maximum absolute atomic E-state index is 13.9. The Kier molecular flexibility index (Phi) is 7.01. The average Bonchev–Trinajstić information content (AvgIpc) is 3.55. The van der Waals surface area contributed by atoms with Gasteiger partial charge in [0.2, 0.25) is 0 Å². The number of nitrogens with one attached hydrogen (secondary N) is 1. The molecule has 4 N–H and O–H groups in total. The molecule has 1 aliphatic carbocycles. The molecule has 16 heteroatoms. The van der Waals surface area contributed by atoms with Crippen LogP contribution in [0.4, 0.5) is 32.2 Å². The SMILES string of the molecule is Cc1ccc(C(O)(C(=O)NOC(=O)C(F)(F)F)C(F)(F)F)cc1-c1cnc(N)c(-c2cnn(CC3CC3)c2)n1. The summed E-state index contributed by atoms with van der Waals surface area (Å²) in [4.78, 5) is 35.0. The summed E-state index contributed by atoms with van der Waals surface area (Å²) in [5, 5.41) is 14.7. The Bertz CT molecular complexity index is 1420. The van der Waals surface area contributed by atoms with Crippen LogP contribution in [0.2, 0.25) is 0 Å². The lowest BCUT2D eigenvalue weighted by Gasteiger charge is -2.29. The van der Waals surface area contributed by atoms with E-state index >= 15 is 0 Å². The number of aromatic nitrogens is 4. The van der Waals surface area contributed by atoms with Crippen LogP contribution in [-0.4, -0.2) is 49.1 Å². The van der Waals surface area contributed by atoms with Crippen LogP contribution in [0, 0.1) is 12.8 Å². The lowest BCUT2D eigenvalue weighted by Crippen LogP contribution is -2.55. The molecule has 2 heterocycles. The number of carbonyl (C=O) groups excluding carboxylic acids is 2. The summed E-state index contributed by atoms with van der Waals surface area (Å²) in [6, 6.07) is 2.64. The molecular formula is C23H20F6N6O4. The Morgan fingerprint density at radius 1 is 1.18 bits per heavy atom. The number of aliphatic hydroxyl groups is 1. The molecule has 0 spiro atoms. The summed E-state index contributed by atoms with van der Waals surface area (Å²) in [5.74, 6) is -4.93. The number of benzene rings is 1. The second-order valence-corrected chi connectivity index (χ2v) is 8.94. The monoisotopic (exact) mass is 558 g/mol. The number of aryl methyl sites for hydroxylation is 1. The molecule has 1 unspecified atom stereocenters. The van der Waals surface area contributed by atoms with Gasteiger partial charge in [0.05, 0.1) is 18.1 Å². The van der Waals surface area contributed by atoms with Crippen LogP contribution in [0.25, 0.3) is 22.5 Å². The van der Waals surface area contributed by atoms with E-state index in [1.165, 1.54) is 13.1 Å². The van der Waals surface area contributed by atoms with Crippen molar-refractivity contribution in [2.45, 2.75) is 44.3 Å². The highest BCUT2D eigenvalue weighted by Crippen LogP contribution is 2.41. The van der Waals surface area contributed by atoms with Crippen molar-refractivity contribution >= 4 is 17.7 Å². The van der Waals surface area contributed by atoms with Gasteiger partial charge < -0.3 is 15.7 Å². The van der Waals surface area contributed by atoms with Gasteiger partial charge in [-0.1, -0.05) is 12.1 Å². The number of halogens is 6.